The molecule has 1 aliphatic carbocycles. The summed E-state index contributed by atoms with van der Waals surface area (Å²) in [6.45, 7) is 8.04. The van der Waals surface area contributed by atoms with Gasteiger partial charge in [0, 0.05) is 0 Å². The van der Waals surface area contributed by atoms with Gasteiger partial charge in [-0.15, -0.1) is 0 Å². The Labute approximate surface area is 76.7 Å². The van der Waals surface area contributed by atoms with E-state index in [2.05, 4.69) is 20.8 Å². The van der Waals surface area contributed by atoms with Crippen molar-refractivity contribution in [3.05, 3.63) is 0 Å². The topological polar surface area (TPSA) is 26.0 Å². The first-order valence-corrected chi connectivity index (χ1v) is 5.23. The molecule has 1 nitrogen and oxygen atoms in total. The Morgan fingerprint density at radius 2 is 2.00 bits per heavy atom. The van der Waals surface area contributed by atoms with Crippen molar-refractivity contribution in [2.45, 2.75) is 46.5 Å². The molecule has 2 N–H and O–H groups in total. The average molecular weight is 169 g/mol. The summed E-state index contributed by atoms with van der Waals surface area (Å²) in [6, 6.07) is 0. The van der Waals surface area contributed by atoms with Crippen LogP contribution in [-0.4, -0.2) is 6.54 Å². The maximum Gasteiger partial charge on any atom is -0.00746 e. The summed E-state index contributed by atoms with van der Waals surface area (Å²) in [6.07, 6.45) is 5.41. The minimum Gasteiger partial charge on any atom is -0.330 e. The molecule has 12 heavy (non-hydrogen) atoms. The second-order valence-electron chi connectivity index (χ2n) is 5.36. The summed E-state index contributed by atoms with van der Waals surface area (Å²) in [4.78, 5) is 0. The highest BCUT2D eigenvalue weighted by Crippen LogP contribution is 2.42. The molecule has 0 spiro atoms. The summed E-state index contributed by atoms with van der Waals surface area (Å²) in [7, 11) is 0. The van der Waals surface area contributed by atoms with Crippen LogP contribution in [0.5, 0.6) is 0 Å². The van der Waals surface area contributed by atoms with Gasteiger partial charge in [-0.2, -0.15) is 0 Å². The highest BCUT2D eigenvalue weighted by atomic mass is 14.5. The van der Waals surface area contributed by atoms with E-state index in [4.69, 9.17) is 5.73 Å². The number of hydrogen-bond acceptors (Lipinski definition) is 1. The van der Waals surface area contributed by atoms with E-state index < -0.39 is 0 Å². The quantitative estimate of drug-likeness (QED) is 0.676. The van der Waals surface area contributed by atoms with Crippen LogP contribution in [0.25, 0.3) is 0 Å². The Hall–Kier alpha value is -0.0400. The van der Waals surface area contributed by atoms with Gasteiger partial charge in [0.2, 0.25) is 0 Å². The Kier molecular flexibility index (Phi) is 3.16. The van der Waals surface area contributed by atoms with Crippen molar-refractivity contribution in [3.8, 4) is 0 Å². The van der Waals surface area contributed by atoms with E-state index in [0.29, 0.717) is 5.41 Å². The van der Waals surface area contributed by atoms with Crippen molar-refractivity contribution in [1.82, 2.24) is 0 Å². The molecule has 1 rings (SSSR count). The summed E-state index contributed by atoms with van der Waals surface area (Å²) in [5, 5.41) is 0. The van der Waals surface area contributed by atoms with Gasteiger partial charge in [0.1, 0.15) is 0 Å². The standard InChI is InChI=1S/C11H23N/c1-9-6-10(4-5-12)8-11(2,3)7-9/h9-10H,4-8,12H2,1-3H3. The zero-order valence-corrected chi connectivity index (χ0v) is 8.77. The highest BCUT2D eigenvalue weighted by molar-refractivity contribution is 4.82. The fourth-order valence-electron chi connectivity index (χ4n) is 3.00. The summed E-state index contributed by atoms with van der Waals surface area (Å²) in [5.74, 6) is 1.80. The Morgan fingerprint density at radius 3 is 2.50 bits per heavy atom. The van der Waals surface area contributed by atoms with Crippen LogP contribution in [0.4, 0.5) is 0 Å². The molecule has 2 unspecified atom stereocenters. The van der Waals surface area contributed by atoms with Crippen molar-refractivity contribution < 1.29 is 0 Å². The van der Waals surface area contributed by atoms with Gasteiger partial charge in [-0.05, 0) is 49.5 Å². The zero-order chi connectivity index (χ0) is 9.19. The SMILES string of the molecule is CC1CC(CCN)CC(C)(C)C1. The maximum absolute atomic E-state index is 5.59. The Bertz CT molecular complexity index is 140. The van der Waals surface area contributed by atoms with E-state index in [1.165, 1.54) is 25.7 Å². The van der Waals surface area contributed by atoms with E-state index in [-0.39, 0.29) is 0 Å². The molecule has 0 saturated heterocycles. The van der Waals surface area contributed by atoms with Crippen molar-refractivity contribution in [2.75, 3.05) is 6.54 Å². The fourth-order valence-corrected chi connectivity index (χ4v) is 3.00. The van der Waals surface area contributed by atoms with E-state index in [0.717, 1.165) is 18.4 Å². The van der Waals surface area contributed by atoms with Crippen LogP contribution < -0.4 is 5.73 Å². The van der Waals surface area contributed by atoms with Crippen molar-refractivity contribution in [2.24, 2.45) is 23.0 Å². The Balaban J connectivity index is 2.46. The first kappa shape index (κ1) is 10.0. The van der Waals surface area contributed by atoms with Crippen LogP contribution in [0.2, 0.25) is 0 Å². The molecule has 0 aromatic rings. The minimum atomic E-state index is 0.567. The van der Waals surface area contributed by atoms with Crippen molar-refractivity contribution >= 4 is 0 Å². The van der Waals surface area contributed by atoms with Gasteiger partial charge in [0.05, 0.1) is 0 Å². The molecule has 0 bridgehead atoms. The molecule has 0 aromatic heterocycles. The molecular formula is C11H23N. The van der Waals surface area contributed by atoms with Gasteiger partial charge in [0.15, 0.2) is 0 Å². The Morgan fingerprint density at radius 1 is 1.33 bits per heavy atom. The summed E-state index contributed by atoms with van der Waals surface area (Å²) < 4.78 is 0. The van der Waals surface area contributed by atoms with Gasteiger partial charge in [0.25, 0.3) is 0 Å². The van der Waals surface area contributed by atoms with E-state index >= 15 is 0 Å². The molecular weight excluding hydrogens is 146 g/mol. The molecule has 0 heterocycles. The molecule has 72 valence electrons. The van der Waals surface area contributed by atoms with Crippen LogP contribution in [0.1, 0.15) is 46.5 Å². The molecule has 1 aliphatic rings. The fraction of sp³-hybridized carbons (Fsp3) is 1.00. The van der Waals surface area contributed by atoms with E-state index in [1.807, 2.05) is 0 Å². The average Bonchev–Trinajstić information content (AvgIpc) is 1.82. The number of hydrogen-bond donors (Lipinski definition) is 1. The second-order valence-corrected chi connectivity index (χ2v) is 5.36. The predicted molar refractivity (Wildman–Crippen MR) is 54.0 cm³/mol. The molecule has 2 atom stereocenters. The lowest BCUT2D eigenvalue weighted by Gasteiger charge is -2.39. The molecule has 1 heteroatoms. The van der Waals surface area contributed by atoms with Crippen LogP contribution in [0, 0.1) is 17.3 Å². The van der Waals surface area contributed by atoms with E-state index in [9.17, 15) is 0 Å². The molecule has 1 fully saturated rings. The monoisotopic (exact) mass is 169 g/mol. The normalized spacial score (nSPS) is 35.0. The third-order valence-corrected chi connectivity index (χ3v) is 3.05. The second kappa shape index (κ2) is 3.78. The van der Waals surface area contributed by atoms with Crippen molar-refractivity contribution in [1.29, 1.82) is 0 Å². The molecule has 0 aliphatic heterocycles. The first-order valence-electron chi connectivity index (χ1n) is 5.23. The third-order valence-electron chi connectivity index (χ3n) is 3.05. The minimum absolute atomic E-state index is 0.567. The molecule has 0 amide bonds. The van der Waals surface area contributed by atoms with E-state index in [1.54, 1.807) is 0 Å². The van der Waals surface area contributed by atoms with Gasteiger partial charge in [-0.1, -0.05) is 20.8 Å². The lowest BCUT2D eigenvalue weighted by molar-refractivity contribution is 0.129. The third kappa shape index (κ3) is 2.78. The van der Waals surface area contributed by atoms with Gasteiger partial charge in [-0.25, -0.2) is 0 Å². The van der Waals surface area contributed by atoms with Gasteiger partial charge in [-0.3, -0.25) is 0 Å². The highest BCUT2D eigenvalue weighted by Gasteiger charge is 2.31. The summed E-state index contributed by atoms with van der Waals surface area (Å²) in [5.41, 5.74) is 6.16. The first-order chi connectivity index (χ1) is 5.53. The smallest absolute Gasteiger partial charge is 0.00746 e. The predicted octanol–water partition coefficient (Wildman–Crippen LogP) is 2.80. The molecule has 0 aromatic carbocycles. The molecule has 1 saturated carbocycles. The lowest BCUT2D eigenvalue weighted by Crippen LogP contribution is -2.28. The maximum atomic E-state index is 5.59. The van der Waals surface area contributed by atoms with Crippen LogP contribution >= 0.6 is 0 Å². The number of nitrogens with two attached hydrogens (primary N) is 1. The van der Waals surface area contributed by atoms with Crippen molar-refractivity contribution in [3.63, 3.8) is 0 Å². The van der Waals surface area contributed by atoms with Crippen LogP contribution in [0.3, 0.4) is 0 Å². The number of rotatable bonds is 2. The van der Waals surface area contributed by atoms with Crippen LogP contribution in [0.15, 0.2) is 0 Å². The molecule has 0 radical (unpaired) electrons. The van der Waals surface area contributed by atoms with Crippen LogP contribution in [-0.2, 0) is 0 Å². The summed E-state index contributed by atoms with van der Waals surface area (Å²) >= 11 is 0. The largest absolute Gasteiger partial charge is 0.330 e. The zero-order valence-electron chi connectivity index (χ0n) is 8.77. The lowest BCUT2D eigenvalue weighted by atomic mass is 9.67. The van der Waals surface area contributed by atoms with Gasteiger partial charge < -0.3 is 5.73 Å². The van der Waals surface area contributed by atoms with Gasteiger partial charge >= 0.3 is 0 Å².